The molecule has 4 aromatic carbocycles. The minimum absolute atomic E-state index is 1.01. The highest BCUT2D eigenvalue weighted by Crippen LogP contribution is 2.39. The van der Waals surface area contributed by atoms with Crippen LogP contribution in [0.25, 0.3) is 55.1 Å². The van der Waals surface area contributed by atoms with Gasteiger partial charge in [-0.15, -0.1) is 0 Å². The number of para-hydroxylation sites is 4. The molecule has 0 saturated carbocycles. The third-order valence-electron chi connectivity index (χ3n) is 6.07. The second kappa shape index (κ2) is 5.71. The Labute approximate surface area is 172 Å². The van der Waals surface area contributed by atoms with Gasteiger partial charge in [0, 0.05) is 21.8 Å². The first-order chi connectivity index (χ1) is 14.9. The van der Waals surface area contributed by atoms with Crippen molar-refractivity contribution in [1.82, 2.24) is 14.0 Å². The van der Waals surface area contributed by atoms with Gasteiger partial charge in [0.1, 0.15) is 5.65 Å². The van der Waals surface area contributed by atoms with Gasteiger partial charge in [-0.05, 0) is 30.3 Å². The molecule has 30 heavy (non-hydrogen) atoms. The van der Waals surface area contributed by atoms with Gasteiger partial charge >= 0.3 is 0 Å². The van der Waals surface area contributed by atoms with E-state index in [-0.39, 0.29) is 0 Å². The summed E-state index contributed by atoms with van der Waals surface area (Å²) >= 11 is 0. The number of hydrogen-bond donors (Lipinski definition) is 0. The van der Waals surface area contributed by atoms with Crippen LogP contribution in [0.5, 0.6) is 0 Å². The van der Waals surface area contributed by atoms with Gasteiger partial charge in [0.25, 0.3) is 0 Å². The Kier molecular flexibility index (Phi) is 3.00. The van der Waals surface area contributed by atoms with Crippen LogP contribution in [-0.4, -0.2) is 14.0 Å². The van der Waals surface area contributed by atoms with E-state index >= 15 is 0 Å². The number of aromatic nitrogens is 3. The normalized spacial score (nSPS) is 12.0. The van der Waals surface area contributed by atoms with Gasteiger partial charge in [-0.25, -0.2) is 4.98 Å². The van der Waals surface area contributed by atoms with E-state index in [1.165, 1.54) is 32.7 Å². The van der Waals surface area contributed by atoms with Crippen molar-refractivity contribution in [3.63, 3.8) is 0 Å². The molecule has 3 heteroatoms. The Balaban J connectivity index is 1.90. The SMILES string of the molecule is c1ccc(-n2c3ccccc3c3c2c2ccccc2c2nc4ccccc4n23)cc1. The monoisotopic (exact) mass is 383 g/mol. The molecule has 3 nitrogen and oxygen atoms in total. The van der Waals surface area contributed by atoms with E-state index in [1.54, 1.807) is 0 Å². The van der Waals surface area contributed by atoms with E-state index in [4.69, 9.17) is 4.98 Å². The van der Waals surface area contributed by atoms with Crippen molar-refractivity contribution in [1.29, 1.82) is 0 Å². The lowest BCUT2D eigenvalue weighted by Crippen LogP contribution is -1.96. The lowest BCUT2D eigenvalue weighted by molar-refractivity contribution is 1.18. The molecule has 0 spiro atoms. The summed E-state index contributed by atoms with van der Waals surface area (Å²) in [4.78, 5) is 5.04. The first kappa shape index (κ1) is 15.8. The van der Waals surface area contributed by atoms with Crippen molar-refractivity contribution >= 4 is 49.4 Å². The average Bonchev–Trinajstić information content (AvgIpc) is 3.36. The van der Waals surface area contributed by atoms with Crippen LogP contribution in [0.15, 0.2) is 103 Å². The predicted molar refractivity (Wildman–Crippen MR) is 125 cm³/mol. The number of nitrogens with zero attached hydrogens (tertiary/aromatic N) is 3. The fourth-order valence-electron chi connectivity index (χ4n) is 4.86. The first-order valence-electron chi connectivity index (χ1n) is 10.2. The van der Waals surface area contributed by atoms with Crippen LogP contribution in [0, 0.1) is 0 Å². The van der Waals surface area contributed by atoms with Gasteiger partial charge in [0.05, 0.1) is 27.6 Å². The molecular weight excluding hydrogens is 366 g/mol. The molecule has 3 aromatic heterocycles. The third-order valence-corrected chi connectivity index (χ3v) is 6.07. The molecule has 3 heterocycles. The molecule has 0 radical (unpaired) electrons. The summed E-state index contributed by atoms with van der Waals surface area (Å²) in [7, 11) is 0. The number of imidazole rings is 1. The molecule has 0 unspecified atom stereocenters. The molecule has 0 aliphatic rings. The fraction of sp³-hybridized carbons (Fsp3) is 0. The molecule has 0 atom stereocenters. The highest BCUT2D eigenvalue weighted by molar-refractivity contribution is 6.21. The van der Waals surface area contributed by atoms with Crippen LogP contribution in [0.2, 0.25) is 0 Å². The van der Waals surface area contributed by atoms with E-state index in [0.717, 1.165) is 22.4 Å². The van der Waals surface area contributed by atoms with Crippen LogP contribution >= 0.6 is 0 Å². The minimum atomic E-state index is 1.01. The summed E-state index contributed by atoms with van der Waals surface area (Å²) in [6.07, 6.45) is 0. The second-order valence-electron chi connectivity index (χ2n) is 7.69. The summed E-state index contributed by atoms with van der Waals surface area (Å²) in [5.41, 5.74) is 7.96. The smallest absolute Gasteiger partial charge is 0.146 e. The Morgan fingerprint density at radius 1 is 0.500 bits per heavy atom. The van der Waals surface area contributed by atoms with Gasteiger partial charge in [0.2, 0.25) is 0 Å². The van der Waals surface area contributed by atoms with Gasteiger partial charge in [-0.2, -0.15) is 0 Å². The maximum absolute atomic E-state index is 5.04. The zero-order valence-electron chi connectivity index (χ0n) is 16.2. The maximum atomic E-state index is 5.04. The van der Waals surface area contributed by atoms with Crippen LogP contribution in [0.1, 0.15) is 0 Å². The number of fused-ring (bicyclic) bond motifs is 10. The molecule has 7 rings (SSSR count). The Morgan fingerprint density at radius 2 is 1.13 bits per heavy atom. The van der Waals surface area contributed by atoms with Gasteiger partial charge in [0.15, 0.2) is 0 Å². The average molecular weight is 383 g/mol. The minimum Gasteiger partial charge on any atom is -0.307 e. The van der Waals surface area contributed by atoms with E-state index in [1.807, 2.05) is 0 Å². The van der Waals surface area contributed by atoms with Gasteiger partial charge < -0.3 is 4.57 Å². The quantitative estimate of drug-likeness (QED) is 0.308. The molecule has 0 aliphatic carbocycles. The van der Waals surface area contributed by atoms with Crippen LogP contribution in [0.3, 0.4) is 0 Å². The van der Waals surface area contributed by atoms with Crippen molar-refractivity contribution in [2.45, 2.75) is 0 Å². The zero-order chi connectivity index (χ0) is 19.7. The first-order valence-corrected chi connectivity index (χ1v) is 10.2. The van der Waals surface area contributed by atoms with Gasteiger partial charge in [-0.1, -0.05) is 72.8 Å². The third kappa shape index (κ3) is 1.91. The molecule has 0 aliphatic heterocycles. The van der Waals surface area contributed by atoms with Crippen molar-refractivity contribution in [3.8, 4) is 5.69 Å². The van der Waals surface area contributed by atoms with E-state index in [0.29, 0.717) is 0 Å². The molecular formula is C27H17N3. The van der Waals surface area contributed by atoms with Crippen LogP contribution in [-0.2, 0) is 0 Å². The molecule has 0 fully saturated rings. The second-order valence-corrected chi connectivity index (χ2v) is 7.69. The largest absolute Gasteiger partial charge is 0.307 e. The van der Waals surface area contributed by atoms with Crippen molar-refractivity contribution < 1.29 is 0 Å². The van der Waals surface area contributed by atoms with E-state index < -0.39 is 0 Å². The topological polar surface area (TPSA) is 22.2 Å². The molecule has 0 saturated heterocycles. The lowest BCUT2D eigenvalue weighted by Gasteiger charge is -2.11. The summed E-state index contributed by atoms with van der Waals surface area (Å²) in [6.45, 7) is 0. The zero-order valence-corrected chi connectivity index (χ0v) is 16.2. The van der Waals surface area contributed by atoms with Crippen LogP contribution in [0.4, 0.5) is 0 Å². The fourth-order valence-corrected chi connectivity index (χ4v) is 4.86. The summed E-state index contributed by atoms with van der Waals surface area (Å²) in [6, 6.07) is 36.3. The number of pyridine rings is 1. The summed E-state index contributed by atoms with van der Waals surface area (Å²) in [5, 5.41) is 3.62. The highest BCUT2D eigenvalue weighted by atomic mass is 15.1. The van der Waals surface area contributed by atoms with Gasteiger partial charge in [-0.3, -0.25) is 4.40 Å². The lowest BCUT2D eigenvalue weighted by atomic mass is 10.1. The van der Waals surface area contributed by atoms with E-state index in [2.05, 4.69) is 112 Å². The standard InChI is InChI=1S/C27H17N3/c1-2-10-18(11-3-1)29-23-16-8-6-14-21(23)26-25(29)19-12-4-5-13-20(19)27-28-22-15-7-9-17-24(22)30(26)27/h1-17H. The van der Waals surface area contributed by atoms with Crippen molar-refractivity contribution in [2.24, 2.45) is 0 Å². The molecule has 0 bridgehead atoms. The summed E-state index contributed by atoms with van der Waals surface area (Å²) in [5.74, 6) is 0. The number of hydrogen-bond acceptors (Lipinski definition) is 1. The molecule has 0 N–H and O–H groups in total. The van der Waals surface area contributed by atoms with Crippen molar-refractivity contribution in [3.05, 3.63) is 103 Å². The highest BCUT2D eigenvalue weighted by Gasteiger charge is 2.20. The molecule has 140 valence electrons. The summed E-state index contributed by atoms with van der Waals surface area (Å²) < 4.78 is 4.73. The number of benzene rings is 4. The molecule has 0 amide bonds. The van der Waals surface area contributed by atoms with E-state index in [9.17, 15) is 0 Å². The van der Waals surface area contributed by atoms with Crippen molar-refractivity contribution in [2.75, 3.05) is 0 Å². The number of rotatable bonds is 1. The Morgan fingerprint density at radius 3 is 1.97 bits per heavy atom. The predicted octanol–water partition coefficient (Wildman–Crippen LogP) is 6.74. The van der Waals surface area contributed by atoms with Crippen LogP contribution < -0.4 is 0 Å². The Bertz CT molecular complexity index is 1740. The molecule has 7 aromatic rings. The maximum Gasteiger partial charge on any atom is 0.146 e. The Hall–Kier alpha value is -4.11.